The Morgan fingerprint density at radius 3 is 3.00 bits per heavy atom. The Hall–Kier alpha value is -1.48. The second-order valence-corrected chi connectivity index (χ2v) is 8.98. The number of rotatable bonds is 8. The highest BCUT2D eigenvalue weighted by Gasteiger charge is 2.30. The zero-order valence-corrected chi connectivity index (χ0v) is 17.3. The van der Waals surface area contributed by atoms with E-state index < -0.39 is 5.97 Å². The van der Waals surface area contributed by atoms with Gasteiger partial charge in [-0.15, -0.1) is 11.3 Å². The molecule has 1 aromatic heterocycles. The number of thiazole rings is 1. The first-order valence-corrected chi connectivity index (χ1v) is 10.9. The molecule has 0 aliphatic carbocycles. The number of carboxylic acid groups (broad SMARTS) is 1. The van der Waals surface area contributed by atoms with Gasteiger partial charge in [-0.25, -0.2) is 9.78 Å². The summed E-state index contributed by atoms with van der Waals surface area (Å²) in [6, 6.07) is 5.31. The van der Waals surface area contributed by atoms with E-state index in [2.05, 4.69) is 10.3 Å². The van der Waals surface area contributed by atoms with Gasteiger partial charge in [0.1, 0.15) is 0 Å². The Balaban J connectivity index is 1.52. The lowest BCUT2D eigenvalue weighted by atomic mass is 10.2. The highest BCUT2D eigenvalue weighted by Crippen LogP contribution is 2.28. The monoisotopic (exact) mass is 445 g/mol. The third kappa shape index (κ3) is 5.28. The van der Waals surface area contributed by atoms with E-state index in [0.29, 0.717) is 39.6 Å². The smallest absolute Gasteiger partial charge is 0.355 e. The van der Waals surface area contributed by atoms with Crippen LogP contribution in [0.4, 0.5) is 5.69 Å². The van der Waals surface area contributed by atoms with Crippen LogP contribution >= 0.6 is 46.3 Å². The number of hydrogen-bond donors (Lipinski definition) is 2. The minimum Gasteiger partial charge on any atom is -0.476 e. The van der Waals surface area contributed by atoms with E-state index in [1.54, 1.807) is 18.2 Å². The summed E-state index contributed by atoms with van der Waals surface area (Å²) in [6.45, 7) is 1.18. The van der Waals surface area contributed by atoms with Crippen molar-refractivity contribution in [3.63, 3.8) is 0 Å². The van der Waals surface area contributed by atoms with Gasteiger partial charge in [-0.2, -0.15) is 0 Å². The fraction of sp³-hybridized carbons (Fsp3) is 0.353. The average molecular weight is 446 g/mol. The molecule has 1 aromatic carbocycles. The van der Waals surface area contributed by atoms with E-state index in [0.717, 1.165) is 12.1 Å². The Kier molecular flexibility index (Phi) is 6.86. The first kappa shape index (κ1) is 20.3. The van der Waals surface area contributed by atoms with Gasteiger partial charge in [0.2, 0.25) is 5.91 Å². The number of carbonyl (C=O) groups is 2. The summed E-state index contributed by atoms with van der Waals surface area (Å²) < 4.78 is 0.694. The number of halogens is 2. The number of hydrogen-bond acceptors (Lipinski definition) is 6. The minimum atomic E-state index is -1.03. The first-order valence-electron chi connectivity index (χ1n) is 8.24. The summed E-state index contributed by atoms with van der Waals surface area (Å²) in [4.78, 5) is 29.0. The molecule has 0 radical (unpaired) electrons. The summed E-state index contributed by atoms with van der Waals surface area (Å²) in [5.41, 5.74) is 0.807. The molecule has 2 heterocycles. The SMILES string of the molecule is O=C(O)c1csc(SCCN2C(=O)CC[C@@H]2CNc2cc(Cl)ccc2Cl)n1. The number of nitrogens with zero attached hydrogens (tertiary/aromatic N) is 2. The highest BCUT2D eigenvalue weighted by molar-refractivity contribution is 8.01. The number of benzene rings is 1. The molecular weight excluding hydrogens is 429 g/mol. The van der Waals surface area contributed by atoms with E-state index in [-0.39, 0.29) is 17.6 Å². The molecule has 0 bridgehead atoms. The molecule has 1 atom stereocenters. The maximum absolute atomic E-state index is 12.2. The molecule has 2 N–H and O–H groups in total. The van der Waals surface area contributed by atoms with Crippen LogP contribution in [0, 0.1) is 0 Å². The van der Waals surface area contributed by atoms with Crippen LogP contribution < -0.4 is 5.32 Å². The van der Waals surface area contributed by atoms with E-state index in [1.807, 2.05) is 4.90 Å². The second kappa shape index (κ2) is 9.14. The van der Waals surface area contributed by atoms with Crippen molar-refractivity contribution in [1.29, 1.82) is 0 Å². The van der Waals surface area contributed by atoms with Gasteiger partial charge in [-0.05, 0) is 24.6 Å². The standard InChI is InChI=1S/C17H17Cl2N3O3S2/c18-10-1-3-12(19)13(7-10)20-8-11-2-4-15(23)22(11)5-6-26-17-21-14(9-27-17)16(24)25/h1,3,7,9,11,20H,2,4-6,8H2,(H,24,25)/t11-/m1/s1. The van der Waals surface area contributed by atoms with Crippen molar-refractivity contribution in [1.82, 2.24) is 9.88 Å². The molecule has 1 amide bonds. The number of carbonyl (C=O) groups excluding carboxylic acids is 1. The number of likely N-dealkylation sites (tertiary alicyclic amines) is 1. The van der Waals surface area contributed by atoms with Gasteiger partial charge in [0, 0.05) is 41.7 Å². The van der Waals surface area contributed by atoms with Gasteiger partial charge in [-0.3, -0.25) is 4.79 Å². The van der Waals surface area contributed by atoms with Crippen molar-refractivity contribution in [3.8, 4) is 0 Å². The Morgan fingerprint density at radius 2 is 2.26 bits per heavy atom. The van der Waals surface area contributed by atoms with Gasteiger partial charge in [-0.1, -0.05) is 35.0 Å². The van der Waals surface area contributed by atoms with E-state index in [9.17, 15) is 9.59 Å². The van der Waals surface area contributed by atoms with Gasteiger partial charge in [0.05, 0.1) is 10.7 Å². The summed E-state index contributed by atoms with van der Waals surface area (Å²) in [5, 5.41) is 14.9. The number of thioether (sulfide) groups is 1. The third-order valence-electron chi connectivity index (χ3n) is 4.17. The fourth-order valence-electron chi connectivity index (χ4n) is 2.83. The van der Waals surface area contributed by atoms with Crippen LogP contribution in [0.15, 0.2) is 27.9 Å². The van der Waals surface area contributed by atoms with Crippen LogP contribution in [0.5, 0.6) is 0 Å². The maximum Gasteiger partial charge on any atom is 0.355 e. The van der Waals surface area contributed by atoms with Gasteiger partial charge in [0.15, 0.2) is 10.0 Å². The van der Waals surface area contributed by atoms with E-state index in [1.165, 1.54) is 28.5 Å². The zero-order chi connectivity index (χ0) is 19.4. The number of carboxylic acids is 1. The van der Waals surface area contributed by atoms with Crippen molar-refractivity contribution in [2.75, 3.05) is 24.2 Å². The molecule has 3 rings (SSSR count). The van der Waals surface area contributed by atoms with Crippen LogP contribution in [0.2, 0.25) is 10.0 Å². The van der Waals surface area contributed by atoms with Crippen LogP contribution in [0.1, 0.15) is 23.3 Å². The number of aromatic carboxylic acids is 1. The van der Waals surface area contributed by atoms with Gasteiger partial charge in [0.25, 0.3) is 0 Å². The molecule has 6 nitrogen and oxygen atoms in total. The lowest BCUT2D eigenvalue weighted by Crippen LogP contribution is -2.39. The lowest BCUT2D eigenvalue weighted by Gasteiger charge is -2.25. The number of aromatic nitrogens is 1. The molecule has 1 fully saturated rings. The largest absolute Gasteiger partial charge is 0.476 e. The van der Waals surface area contributed by atoms with Gasteiger partial charge >= 0.3 is 5.97 Å². The van der Waals surface area contributed by atoms with Crippen molar-refractivity contribution in [2.24, 2.45) is 0 Å². The second-order valence-electron chi connectivity index (χ2n) is 5.94. The molecule has 27 heavy (non-hydrogen) atoms. The molecule has 1 saturated heterocycles. The van der Waals surface area contributed by atoms with E-state index >= 15 is 0 Å². The first-order chi connectivity index (χ1) is 12.9. The third-order valence-corrected chi connectivity index (χ3v) is 6.73. The molecule has 1 aliphatic rings. The van der Waals surface area contributed by atoms with Crippen molar-refractivity contribution >= 4 is 63.9 Å². The quantitative estimate of drug-likeness (QED) is 0.587. The predicted octanol–water partition coefficient (Wildman–Crippen LogP) is 4.34. The Morgan fingerprint density at radius 1 is 1.44 bits per heavy atom. The van der Waals surface area contributed by atoms with Crippen LogP contribution in [0.25, 0.3) is 0 Å². The summed E-state index contributed by atoms with van der Waals surface area (Å²) in [6.07, 6.45) is 1.32. The van der Waals surface area contributed by atoms with E-state index in [4.69, 9.17) is 28.3 Å². The van der Waals surface area contributed by atoms with Crippen LogP contribution in [-0.2, 0) is 4.79 Å². The lowest BCUT2D eigenvalue weighted by molar-refractivity contribution is -0.128. The van der Waals surface area contributed by atoms with Crippen LogP contribution in [-0.4, -0.2) is 51.8 Å². The maximum atomic E-state index is 12.2. The summed E-state index contributed by atoms with van der Waals surface area (Å²) in [7, 11) is 0. The van der Waals surface area contributed by atoms with Crippen LogP contribution in [0.3, 0.4) is 0 Å². The molecular formula is C17H17Cl2N3O3S2. The summed E-state index contributed by atoms with van der Waals surface area (Å²) in [5.74, 6) is -0.240. The van der Waals surface area contributed by atoms with Crippen molar-refractivity contribution in [3.05, 3.63) is 39.3 Å². The Bertz CT molecular complexity index is 847. The molecule has 1 aliphatic heterocycles. The molecule has 144 valence electrons. The topological polar surface area (TPSA) is 82.5 Å². The Labute approximate surface area is 174 Å². The van der Waals surface area contributed by atoms with Crippen molar-refractivity contribution < 1.29 is 14.7 Å². The fourth-order valence-corrected chi connectivity index (χ4v) is 4.99. The number of amides is 1. The molecule has 10 heteroatoms. The van der Waals surface area contributed by atoms with Gasteiger partial charge < -0.3 is 15.3 Å². The summed E-state index contributed by atoms with van der Waals surface area (Å²) >= 11 is 14.9. The minimum absolute atomic E-state index is 0.0558. The normalized spacial score (nSPS) is 16.7. The zero-order valence-electron chi connectivity index (χ0n) is 14.2. The van der Waals surface area contributed by atoms with Crippen molar-refractivity contribution in [2.45, 2.75) is 23.2 Å². The molecule has 0 saturated carbocycles. The molecule has 2 aromatic rings. The predicted molar refractivity (Wildman–Crippen MR) is 109 cm³/mol. The molecule has 0 unspecified atom stereocenters. The average Bonchev–Trinajstić information content (AvgIpc) is 3.24. The number of anilines is 1. The molecule has 0 spiro atoms. The number of nitrogens with one attached hydrogen (secondary N) is 1. The highest BCUT2D eigenvalue weighted by atomic mass is 35.5.